The van der Waals surface area contributed by atoms with Crippen molar-refractivity contribution >= 4 is 32.5 Å². The highest BCUT2D eigenvalue weighted by Gasteiger charge is 2.25. The molecule has 3 aromatic rings. The minimum absolute atomic E-state index is 0.0335. The Hall–Kier alpha value is -2.97. The molecular weight excluding hydrogens is 400 g/mol. The molecule has 1 aromatic heterocycles. The van der Waals surface area contributed by atoms with Crippen LogP contribution in [0, 0.1) is 0 Å². The van der Waals surface area contributed by atoms with Gasteiger partial charge in [-0.1, -0.05) is 55.5 Å². The van der Waals surface area contributed by atoms with Crippen molar-refractivity contribution in [1.82, 2.24) is 15.0 Å². The van der Waals surface area contributed by atoms with E-state index in [-0.39, 0.29) is 24.6 Å². The van der Waals surface area contributed by atoms with Crippen molar-refractivity contribution in [1.29, 1.82) is 0 Å². The largest absolute Gasteiger partial charge is 0.384 e. The fraction of sp³-hybridized carbons (Fsp3) is 0.273. The number of benzene rings is 2. The summed E-state index contributed by atoms with van der Waals surface area (Å²) < 4.78 is 27.4. The summed E-state index contributed by atoms with van der Waals surface area (Å²) in [7, 11) is -3.58. The number of fused-ring (bicyclic) bond motifs is 1. The van der Waals surface area contributed by atoms with E-state index in [0.29, 0.717) is 12.2 Å². The average molecular weight is 427 g/mol. The summed E-state index contributed by atoms with van der Waals surface area (Å²) in [6.45, 7) is 2.01. The fourth-order valence-corrected chi connectivity index (χ4v) is 4.55. The average Bonchev–Trinajstić information content (AvgIpc) is 2.72. The van der Waals surface area contributed by atoms with Gasteiger partial charge in [0, 0.05) is 12.7 Å². The van der Waals surface area contributed by atoms with E-state index in [2.05, 4.69) is 15.0 Å². The number of nitrogens with zero attached hydrogens (tertiary/aromatic N) is 1. The van der Waals surface area contributed by atoms with Gasteiger partial charge in [0.15, 0.2) is 0 Å². The standard InChI is InChI=1S/C22H26N4O3S/c1-2-12-30(28,29)26-20(22(27)25-15-16-10-11-21(23)24-14-16)13-18-8-5-7-17-6-3-4-9-19(17)18/h3-11,14,20,26H,2,12-13,15H2,1H3,(H2,23,24)(H,25,27). The van der Waals surface area contributed by atoms with E-state index < -0.39 is 16.1 Å². The van der Waals surface area contributed by atoms with Gasteiger partial charge in [0.25, 0.3) is 0 Å². The number of carbonyl (C=O) groups excluding carboxylic acids is 1. The van der Waals surface area contributed by atoms with Crippen LogP contribution in [0.3, 0.4) is 0 Å². The van der Waals surface area contributed by atoms with Crippen molar-refractivity contribution in [3.63, 3.8) is 0 Å². The van der Waals surface area contributed by atoms with E-state index in [4.69, 9.17) is 5.73 Å². The van der Waals surface area contributed by atoms with Crippen molar-refractivity contribution in [3.05, 3.63) is 71.9 Å². The van der Waals surface area contributed by atoms with Crippen LogP contribution in [0.15, 0.2) is 60.8 Å². The van der Waals surface area contributed by atoms with Gasteiger partial charge in [-0.15, -0.1) is 0 Å². The maximum atomic E-state index is 12.9. The summed E-state index contributed by atoms with van der Waals surface area (Å²) in [5.41, 5.74) is 7.26. The molecule has 0 aliphatic rings. The Morgan fingerprint density at radius 2 is 1.87 bits per heavy atom. The van der Waals surface area contributed by atoms with Gasteiger partial charge in [0.1, 0.15) is 11.9 Å². The molecule has 1 atom stereocenters. The first-order chi connectivity index (χ1) is 14.4. The quantitative estimate of drug-likeness (QED) is 0.486. The summed E-state index contributed by atoms with van der Waals surface area (Å²) in [6, 6.07) is 16.1. The molecule has 1 unspecified atom stereocenters. The first-order valence-corrected chi connectivity index (χ1v) is 11.5. The van der Waals surface area contributed by atoms with Crippen molar-refractivity contribution in [2.75, 3.05) is 11.5 Å². The summed E-state index contributed by atoms with van der Waals surface area (Å²) in [6.07, 6.45) is 2.29. The third-order valence-corrected chi connectivity index (χ3v) is 6.32. The lowest BCUT2D eigenvalue weighted by Crippen LogP contribution is -2.48. The van der Waals surface area contributed by atoms with Crippen molar-refractivity contribution in [2.24, 2.45) is 0 Å². The highest BCUT2D eigenvalue weighted by atomic mass is 32.2. The highest BCUT2D eigenvalue weighted by Crippen LogP contribution is 2.20. The van der Waals surface area contributed by atoms with Crippen LogP contribution in [-0.2, 0) is 27.8 Å². The molecular formula is C22H26N4O3S. The lowest BCUT2D eigenvalue weighted by Gasteiger charge is -2.19. The Bertz CT molecular complexity index is 1110. The minimum atomic E-state index is -3.58. The van der Waals surface area contributed by atoms with Crippen molar-refractivity contribution in [2.45, 2.75) is 32.4 Å². The molecule has 158 valence electrons. The number of amides is 1. The number of anilines is 1. The van der Waals surface area contributed by atoms with E-state index >= 15 is 0 Å². The molecule has 30 heavy (non-hydrogen) atoms. The predicted molar refractivity (Wildman–Crippen MR) is 119 cm³/mol. The van der Waals surface area contributed by atoms with E-state index in [1.165, 1.54) is 0 Å². The molecule has 3 rings (SSSR count). The first-order valence-electron chi connectivity index (χ1n) is 9.82. The maximum Gasteiger partial charge on any atom is 0.238 e. The zero-order valence-corrected chi connectivity index (χ0v) is 17.7. The van der Waals surface area contributed by atoms with Gasteiger partial charge in [-0.3, -0.25) is 4.79 Å². The number of pyridine rings is 1. The summed E-state index contributed by atoms with van der Waals surface area (Å²) in [4.78, 5) is 16.9. The smallest absolute Gasteiger partial charge is 0.238 e. The van der Waals surface area contributed by atoms with Crippen LogP contribution in [0.1, 0.15) is 24.5 Å². The lowest BCUT2D eigenvalue weighted by atomic mass is 9.99. The molecule has 8 heteroatoms. The van der Waals surface area contributed by atoms with Crippen LogP contribution >= 0.6 is 0 Å². The van der Waals surface area contributed by atoms with E-state index in [1.807, 2.05) is 42.5 Å². The maximum absolute atomic E-state index is 12.9. The number of aromatic nitrogens is 1. The highest BCUT2D eigenvalue weighted by molar-refractivity contribution is 7.89. The number of hydrogen-bond donors (Lipinski definition) is 3. The third-order valence-electron chi connectivity index (χ3n) is 4.73. The van der Waals surface area contributed by atoms with Gasteiger partial charge in [-0.2, -0.15) is 0 Å². The van der Waals surface area contributed by atoms with Crippen LogP contribution in [0.4, 0.5) is 5.82 Å². The van der Waals surface area contributed by atoms with Crippen molar-refractivity contribution in [3.8, 4) is 0 Å². The fourth-order valence-electron chi connectivity index (χ4n) is 3.28. The monoisotopic (exact) mass is 426 g/mol. The number of nitrogens with one attached hydrogen (secondary N) is 2. The molecule has 0 saturated carbocycles. The molecule has 0 saturated heterocycles. The normalized spacial score (nSPS) is 12.6. The molecule has 0 radical (unpaired) electrons. The molecule has 0 aliphatic heterocycles. The van der Waals surface area contributed by atoms with E-state index in [9.17, 15) is 13.2 Å². The molecule has 7 nitrogen and oxygen atoms in total. The number of hydrogen-bond acceptors (Lipinski definition) is 5. The Labute approximate surface area is 176 Å². The predicted octanol–water partition coefficient (Wildman–Crippen LogP) is 2.37. The molecule has 0 aliphatic carbocycles. The number of nitrogen functional groups attached to an aromatic ring is 1. The summed E-state index contributed by atoms with van der Waals surface area (Å²) in [5.74, 6) is -0.0283. The van der Waals surface area contributed by atoms with Gasteiger partial charge in [0.2, 0.25) is 15.9 Å². The summed E-state index contributed by atoms with van der Waals surface area (Å²) >= 11 is 0. The van der Waals surface area contributed by atoms with E-state index in [1.54, 1.807) is 25.3 Å². The molecule has 0 spiro atoms. The topological polar surface area (TPSA) is 114 Å². The Balaban J connectivity index is 1.82. The lowest BCUT2D eigenvalue weighted by molar-refractivity contribution is -0.122. The first kappa shape index (κ1) is 21.7. The van der Waals surface area contributed by atoms with E-state index in [0.717, 1.165) is 21.9 Å². The number of rotatable bonds is 9. The molecule has 0 bridgehead atoms. The van der Waals surface area contributed by atoms with Crippen LogP contribution in [0.2, 0.25) is 0 Å². The van der Waals surface area contributed by atoms with Gasteiger partial charge in [-0.25, -0.2) is 18.1 Å². The SMILES string of the molecule is CCCS(=O)(=O)NC(Cc1cccc2ccccc12)C(=O)NCc1ccc(N)nc1. The van der Waals surface area contributed by atoms with Gasteiger partial charge in [-0.05, 0) is 40.8 Å². The molecule has 1 amide bonds. The van der Waals surface area contributed by atoms with Gasteiger partial charge in [0.05, 0.1) is 5.75 Å². The van der Waals surface area contributed by atoms with Gasteiger partial charge >= 0.3 is 0 Å². The molecule has 2 aromatic carbocycles. The van der Waals surface area contributed by atoms with Crippen molar-refractivity contribution < 1.29 is 13.2 Å². The van der Waals surface area contributed by atoms with Crippen LogP contribution in [0.5, 0.6) is 0 Å². The minimum Gasteiger partial charge on any atom is -0.384 e. The third kappa shape index (κ3) is 5.77. The summed E-state index contributed by atoms with van der Waals surface area (Å²) in [5, 5.41) is 4.84. The van der Waals surface area contributed by atoms with Gasteiger partial charge < -0.3 is 11.1 Å². The van der Waals surface area contributed by atoms with Crippen LogP contribution in [-0.4, -0.2) is 31.1 Å². The Morgan fingerprint density at radius 3 is 2.60 bits per heavy atom. The van der Waals surface area contributed by atoms with Crippen LogP contribution in [0.25, 0.3) is 10.8 Å². The zero-order chi connectivity index (χ0) is 21.6. The zero-order valence-electron chi connectivity index (χ0n) is 16.8. The molecule has 1 heterocycles. The number of carbonyl (C=O) groups is 1. The number of nitrogens with two attached hydrogens (primary N) is 1. The Kier molecular flexibility index (Phi) is 7.02. The second-order valence-corrected chi connectivity index (χ2v) is 9.01. The van der Waals surface area contributed by atoms with Crippen LogP contribution < -0.4 is 15.8 Å². The Morgan fingerprint density at radius 1 is 1.10 bits per heavy atom. The molecule has 0 fully saturated rings. The number of sulfonamides is 1. The second-order valence-electron chi connectivity index (χ2n) is 7.14. The molecule has 4 N–H and O–H groups in total. The second kappa shape index (κ2) is 9.69.